The number of carbonyl (C=O) groups is 3. The van der Waals surface area contributed by atoms with Gasteiger partial charge in [-0.2, -0.15) is 4.99 Å². The van der Waals surface area contributed by atoms with Crippen LogP contribution in [0.3, 0.4) is 0 Å². The summed E-state index contributed by atoms with van der Waals surface area (Å²) in [5, 5.41) is 2.93. The summed E-state index contributed by atoms with van der Waals surface area (Å²) in [5.41, 5.74) is 2.83. The minimum Gasteiger partial charge on any atom is -0.496 e. The summed E-state index contributed by atoms with van der Waals surface area (Å²) in [6, 6.07) is 12.0. The molecule has 4 rings (SSSR count). The summed E-state index contributed by atoms with van der Waals surface area (Å²) in [6.07, 6.45) is 0. The largest absolute Gasteiger partial charge is 0.496 e. The molecule has 2 aliphatic rings. The fourth-order valence-corrected chi connectivity index (χ4v) is 4.52. The van der Waals surface area contributed by atoms with Crippen LogP contribution in [0.25, 0.3) is 0 Å². The van der Waals surface area contributed by atoms with Gasteiger partial charge in [0.1, 0.15) is 5.75 Å². The predicted octanol–water partition coefficient (Wildman–Crippen LogP) is 3.24. The first-order valence-corrected chi connectivity index (χ1v) is 10.4. The molecule has 0 fully saturated rings. The van der Waals surface area contributed by atoms with E-state index in [1.165, 1.54) is 6.92 Å². The van der Waals surface area contributed by atoms with Crippen LogP contribution in [0.15, 0.2) is 51.9 Å². The highest BCUT2D eigenvalue weighted by molar-refractivity contribution is 9.10. The first kappa shape index (κ1) is 21.0. The lowest BCUT2D eigenvalue weighted by Gasteiger charge is -2.41. The van der Waals surface area contributed by atoms with E-state index in [9.17, 15) is 14.4 Å². The Balaban J connectivity index is 1.75. The molecule has 0 radical (unpaired) electrons. The quantitative estimate of drug-likeness (QED) is 0.670. The van der Waals surface area contributed by atoms with Gasteiger partial charge in [0, 0.05) is 24.9 Å². The fourth-order valence-electron chi connectivity index (χ4n) is 3.96. The lowest BCUT2D eigenvalue weighted by atomic mass is 9.81. The maximum Gasteiger partial charge on any atom is 0.341 e. The molecule has 0 bridgehead atoms. The van der Waals surface area contributed by atoms with E-state index < -0.39 is 18.0 Å². The van der Waals surface area contributed by atoms with E-state index in [2.05, 4.69) is 26.2 Å². The highest BCUT2D eigenvalue weighted by atomic mass is 79.9. The molecule has 2 aromatic rings. The summed E-state index contributed by atoms with van der Waals surface area (Å²) in [6.45, 7) is 1.19. The number of halogens is 1. The molecule has 0 saturated carbocycles. The van der Waals surface area contributed by atoms with E-state index in [1.54, 1.807) is 18.1 Å². The minimum absolute atomic E-state index is 0.282. The topological polar surface area (TPSA) is 97.3 Å². The number of nitrogens with one attached hydrogen (secondary N) is 1. The molecule has 2 atom stereocenters. The van der Waals surface area contributed by atoms with Crippen molar-refractivity contribution in [3.63, 3.8) is 0 Å². The number of ether oxygens (including phenoxy) is 2. The highest BCUT2D eigenvalue weighted by Gasteiger charge is 2.41. The molecule has 3 amide bonds. The highest BCUT2D eigenvalue weighted by Crippen LogP contribution is 2.39. The third-order valence-electron chi connectivity index (χ3n) is 5.34. The first-order valence-electron chi connectivity index (χ1n) is 9.64. The summed E-state index contributed by atoms with van der Waals surface area (Å²) in [4.78, 5) is 42.4. The number of hydrogen-bond acceptors (Lipinski definition) is 5. The van der Waals surface area contributed by atoms with Gasteiger partial charge in [0.25, 0.3) is 5.91 Å². The lowest BCUT2D eigenvalue weighted by Crippen LogP contribution is -2.52. The molecular formula is C22H20BrN3O5. The van der Waals surface area contributed by atoms with Crippen LogP contribution in [0.1, 0.15) is 24.1 Å². The molecule has 2 aromatic carbocycles. The third kappa shape index (κ3) is 4.05. The Kier molecular flexibility index (Phi) is 5.77. The number of esters is 1. The Morgan fingerprint density at radius 1 is 1.26 bits per heavy atom. The summed E-state index contributed by atoms with van der Waals surface area (Å²) in [7, 11) is 1.58. The number of amides is 3. The van der Waals surface area contributed by atoms with Crippen LogP contribution in [-0.4, -0.2) is 43.9 Å². The second kappa shape index (κ2) is 8.50. The molecule has 0 aliphatic carbocycles. The van der Waals surface area contributed by atoms with E-state index in [-0.39, 0.29) is 25.0 Å². The van der Waals surface area contributed by atoms with E-state index >= 15 is 0 Å². The van der Waals surface area contributed by atoms with Gasteiger partial charge in [0.15, 0.2) is 6.61 Å². The normalized spacial score (nSPS) is 19.5. The van der Waals surface area contributed by atoms with E-state index in [0.717, 1.165) is 10.0 Å². The Morgan fingerprint density at radius 2 is 2.03 bits per heavy atom. The number of aliphatic imine (C=N–C) groups is 1. The van der Waals surface area contributed by atoms with Crippen LogP contribution in [-0.2, 0) is 14.3 Å². The summed E-state index contributed by atoms with van der Waals surface area (Å²) in [5.74, 6) is -0.471. The number of nitrogens with zero attached hydrogens (tertiary/aromatic N) is 2. The van der Waals surface area contributed by atoms with Crippen molar-refractivity contribution < 1.29 is 23.9 Å². The number of benzene rings is 2. The molecule has 2 aliphatic heterocycles. The molecule has 0 aromatic heterocycles. The molecule has 1 N–H and O–H groups in total. The van der Waals surface area contributed by atoms with Crippen molar-refractivity contribution in [2.75, 3.05) is 25.2 Å². The third-order valence-corrected chi connectivity index (χ3v) is 5.96. The Bertz CT molecular complexity index is 1100. The number of carbonyl (C=O) groups excluding carboxylic acids is 3. The maximum atomic E-state index is 12.9. The van der Waals surface area contributed by atoms with Crippen molar-refractivity contribution in [3.8, 4) is 5.75 Å². The average Bonchev–Trinajstić information content (AvgIpc) is 2.76. The molecule has 31 heavy (non-hydrogen) atoms. The Morgan fingerprint density at radius 3 is 2.74 bits per heavy atom. The van der Waals surface area contributed by atoms with Crippen molar-refractivity contribution in [3.05, 3.63) is 58.1 Å². The molecule has 0 spiro atoms. The molecule has 0 saturated heterocycles. The van der Waals surface area contributed by atoms with Gasteiger partial charge < -0.3 is 19.7 Å². The predicted molar refractivity (Wildman–Crippen MR) is 117 cm³/mol. The van der Waals surface area contributed by atoms with Gasteiger partial charge in [0.05, 0.1) is 29.0 Å². The fraction of sp³-hybridized carbons (Fsp3) is 0.273. The van der Waals surface area contributed by atoms with Crippen molar-refractivity contribution in [1.82, 2.24) is 5.32 Å². The van der Waals surface area contributed by atoms with Crippen molar-refractivity contribution in [2.24, 2.45) is 10.9 Å². The van der Waals surface area contributed by atoms with Crippen molar-refractivity contribution in [1.29, 1.82) is 0 Å². The van der Waals surface area contributed by atoms with Gasteiger partial charge in [-0.3, -0.25) is 9.59 Å². The lowest BCUT2D eigenvalue weighted by molar-refractivity contribution is -0.145. The van der Waals surface area contributed by atoms with Gasteiger partial charge in [-0.1, -0.05) is 24.3 Å². The van der Waals surface area contributed by atoms with Gasteiger partial charge in [-0.25, -0.2) is 4.79 Å². The van der Waals surface area contributed by atoms with Crippen LogP contribution in [0.5, 0.6) is 5.75 Å². The summed E-state index contributed by atoms with van der Waals surface area (Å²) >= 11 is 3.49. The van der Waals surface area contributed by atoms with Gasteiger partial charge in [-0.15, -0.1) is 0 Å². The second-order valence-electron chi connectivity index (χ2n) is 7.23. The number of methoxy groups -OCH3 is 1. The molecule has 2 heterocycles. The molecular weight excluding hydrogens is 466 g/mol. The summed E-state index contributed by atoms with van der Waals surface area (Å²) < 4.78 is 11.0. The van der Waals surface area contributed by atoms with Gasteiger partial charge in [0.2, 0.25) is 0 Å². The Labute approximate surface area is 187 Å². The molecule has 160 valence electrons. The van der Waals surface area contributed by atoms with Gasteiger partial charge >= 0.3 is 12.0 Å². The molecule has 8 nitrogen and oxygen atoms in total. The van der Waals surface area contributed by atoms with E-state index in [1.807, 2.05) is 36.4 Å². The van der Waals surface area contributed by atoms with E-state index in [4.69, 9.17) is 9.47 Å². The van der Waals surface area contributed by atoms with Crippen molar-refractivity contribution >= 4 is 45.2 Å². The van der Waals surface area contributed by atoms with Crippen molar-refractivity contribution in [2.45, 2.75) is 13.0 Å². The molecule has 2 unspecified atom stereocenters. The zero-order valence-electron chi connectivity index (χ0n) is 16.9. The average molecular weight is 486 g/mol. The zero-order valence-corrected chi connectivity index (χ0v) is 18.5. The smallest absolute Gasteiger partial charge is 0.341 e. The number of rotatable bonds is 4. The van der Waals surface area contributed by atoms with Gasteiger partial charge in [-0.05, 0) is 39.7 Å². The first-order chi connectivity index (χ1) is 14.9. The molecule has 9 heteroatoms. The van der Waals surface area contributed by atoms with Crippen LogP contribution in [0, 0.1) is 5.92 Å². The zero-order chi connectivity index (χ0) is 22.1. The number of anilines is 1. The number of fused-ring (bicyclic) bond motifs is 3. The van der Waals surface area contributed by atoms with Crippen LogP contribution in [0.2, 0.25) is 0 Å². The number of urea groups is 1. The monoisotopic (exact) mass is 485 g/mol. The maximum absolute atomic E-state index is 12.9. The SMILES string of the molecule is COc1ccc(C2NC(=O)N=C3c4ccccc4N(C(=O)COC(C)=O)CC32)cc1Br. The second-order valence-corrected chi connectivity index (χ2v) is 8.08. The number of hydrogen-bond donors (Lipinski definition) is 1. The van der Waals surface area contributed by atoms with Crippen LogP contribution >= 0.6 is 15.9 Å². The minimum atomic E-state index is -0.521. The standard InChI is InChI=1S/C22H20BrN3O5/c1-12(27)31-11-19(28)26-10-15-20(13-7-8-18(30-2)16(23)9-13)24-22(29)25-21(15)14-5-3-4-6-17(14)26/h3-9,15,20H,10-11H2,1-2H3,(H,24,29). The van der Waals surface area contributed by atoms with Crippen LogP contribution in [0.4, 0.5) is 10.5 Å². The van der Waals surface area contributed by atoms with E-state index in [0.29, 0.717) is 22.7 Å². The van der Waals surface area contributed by atoms with Crippen LogP contribution < -0.4 is 15.0 Å². The Hall–Kier alpha value is -3.20. The number of para-hydroxylation sites is 1.